The summed E-state index contributed by atoms with van der Waals surface area (Å²) in [4.78, 5) is 21.5. The van der Waals surface area contributed by atoms with Gasteiger partial charge in [0.05, 0.1) is 30.8 Å². The summed E-state index contributed by atoms with van der Waals surface area (Å²) in [6.07, 6.45) is 2.33. The zero-order valence-corrected chi connectivity index (χ0v) is 20.5. The zero-order valence-electron chi connectivity index (χ0n) is 20.5. The predicted molar refractivity (Wildman–Crippen MR) is 144 cm³/mol. The smallest absolute Gasteiger partial charge is 0.252 e. The number of pyridine rings is 1. The monoisotopic (exact) mass is 509 g/mol. The SMILES string of the molecule is COc1ccc2nc(-c3cc4cccc(F)c4o3)cc(C(=O)NC(CO)Cc3c[nH]c4ccccc34)c2c1. The Balaban J connectivity index is 1.39. The summed E-state index contributed by atoms with van der Waals surface area (Å²) in [7, 11) is 1.55. The summed E-state index contributed by atoms with van der Waals surface area (Å²) in [5.41, 5.74) is 3.38. The third-order valence-corrected chi connectivity index (χ3v) is 6.71. The van der Waals surface area contributed by atoms with E-state index in [4.69, 9.17) is 9.15 Å². The largest absolute Gasteiger partial charge is 0.497 e. The van der Waals surface area contributed by atoms with Crippen molar-refractivity contribution in [2.45, 2.75) is 12.5 Å². The molecule has 3 aromatic heterocycles. The Morgan fingerprint density at radius 2 is 1.97 bits per heavy atom. The Hall–Kier alpha value is -4.69. The van der Waals surface area contributed by atoms with Crippen LogP contribution >= 0.6 is 0 Å². The van der Waals surface area contributed by atoms with E-state index in [1.165, 1.54) is 6.07 Å². The fraction of sp³-hybridized carbons (Fsp3) is 0.133. The summed E-state index contributed by atoms with van der Waals surface area (Å²) in [5.74, 6) is 0.0622. The molecule has 1 amide bonds. The molecule has 0 bridgehead atoms. The molecular formula is C30H24FN3O4. The molecule has 1 atom stereocenters. The standard InChI is InChI=1S/C30H24FN3O4/c1-37-20-9-10-26-22(13-20)23(14-27(34-26)28-12-17-5-4-7-24(31)29(17)38-28)30(36)33-19(16-35)11-18-15-32-25-8-3-2-6-21(18)25/h2-10,12-15,19,32,35H,11,16H2,1H3,(H,33,36). The number of H-pyrrole nitrogens is 1. The third-order valence-electron chi connectivity index (χ3n) is 6.71. The van der Waals surface area contributed by atoms with E-state index in [2.05, 4.69) is 15.3 Å². The van der Waals surface area contributed by atoms with Gasteiger partial charge >= 0.3 is 0 Å². The van der Waals surface area contributed by atoms with E-state index in [0.29, 0.717) is 45.5 Å². The van der Waals surface area contributed by atoms with Gasteiger partial charge in [-0.2, -0.15) is 0 Å². The maximum absolute atomic E-state index is 14.3. The van der Waals surface area contributed by atoms with Crippen LogP contribution in [-0.2, 0) is 6.42 Å². The minimum Gasteiger partial charge on any atom is -0.497 e. The average Bonchev–Trinajstić information content (AvgIpc) is 3.57. The van der Waals surface area contributed by atoms with Crippen molar-refractivity contribution in [2.24, 2.45) is 0 Å². The Kier molecular flexibility index (Phi) is 6.01. The first-order valence-corrected chi connectivity index (χ1v) is 12.2. The highest BCUT2D eigenvalue weighted by atomic mass is 19.1. The minimum absolute atomic E-state index is 0.129. The second-order valence-electron chi connectivity index (χ2n) is 9.12. The van der Waals surface area contributed by atoms with Gasteiger partial charge in [0.15, 0.2) is 17.2 Å². The van der Waals surface area contributed by atoms with Gasteiger partial charge < -0.3 is 24.6 Å². The Morgan fingerprint density at radius 3 is 2.79 bits per heavy atom. The molecule has 0 aliphatic rings. The predicted octanol–water partition coefficient (Wildman–Crippen LogP) is 5.61. The highest BCUT2D eigenvalue weighted by Crippen LogP contribution is 2.32. The van der Waals surface area contributed by atoms with Gasteiger partial charge in [0.2, 0.25) is 0 Å². The Morgan fingerprint density at radius 1 is 1.11 bits per heavy atom. The fourth-order valence-electron chi connectivity index (χ4n) is 4.79. The number of amides is 1. The quantitative estimate of drug-likeness (QED) is 0.260. The molecule has 3 aromatic carbocycles. The van der Waals surface area contributed by atoms with Gasteiger partial charge in [0, 0.05) is 27.9 Å². The van der Waals surface area contributed by atoms with Crippen LogP contribution in [0.25, 0.3) is 44.2 Å². The number of carbonyl (C=O) groups excluding carboxylic acids is 1. The molecular weight excluding hydrogens is 485 g/mol. The maximum Gasteiger partial charge on any atom is 0.252 e. The van der Waals surface area contributed by atoms with E-state index in [1.807, 2.05) is 30.5 Å². The molecule has 6 aromatic rings. The van der Waals surface area contributed by atoms with Gasteiger partial charge in [-0.05, 0) is 54.4 Å². The number of aliphatic hydroxyl groups is 1. The number of para-hydroxylation sites is 2. The minimum atomic E-state index is -0.528. The van der Waals surface area contributed by atoms with Crippen molar-refractivity contribution < 1.29 is 23.4 Å². The number of aromatic nitrogens is 2. The molecule has 1 unspecified atom stereocenters. The van der Waals surface area contributed by atoms with Gasteiger partial charge in [0.1, 0.15) is 11.4 Å². The molecule has 190 valence electrons. The van der Waals surface area contributed by atoms with E-state index >= 15 is 0 Å². The van der Waals surface area contributed by atoms with Crippen LogP contribution in [0.3, 0.4) is 0 Å². The van der Waals surface area contributed by atoms with Crippen LogP contribution in [0.15, 0.2) is 83.4 Å². The first kappa shape index (κ1) is 23.7. The van der Waals surface area contributed by atoms with Crippen LogP contribution in [0, 0.1) is 5.82 Å². The number of fused-ring (bicyclic) bond motifs is 3. The summed E-state index contributed by atoms with van der Waals surface area (Å²) in [5, 5.41) is 15.3. The number of rotatable bonds is 7. The summed E-state index contributed by atoms with van der Waals surface area (Å²) in [6.45, 7) is -0.243. The van der Waals surface area contributed by atoms with Crippen molar-refractivity contribution in [3.63, 3.8) is 0 Å². The topological polar surface area (TPSA) is 100 Å². The highest BCUT2D eigenvalue weighted by Gasteiger charge is 2.21. The van der Waals surface area contributed by atoms with Crippen molar-refractivity contribution in [1.29, 1.82) is 0 Å². The lowest BCUT2D eigenvalue weighted by Gasteiger charge is -2.17. The van der Waals surface area contributed by atoms with Crippen LogP contribution in [0.5, 0.6) is 5.75 Å². The summed E-state index contributed by atoms with van der Waals surface area (Å²) in [6, 6.07) is 20.6. The molecule has 3 N–H and O–H groups in total. The molecule has 7 nitrogen and oxygen atoms in total. The van der Waals surface area contributed by atoms with Crippen LogP contribution in [0.1, 0.15) is 15.9 Å². The number of carbonyl (C=O) groups is 1. The molecule has 0 saturated carbocycles. The Labute approximate surface area is 216 Å². The van der Waals surface area contributed by atoms with Crippen molar-refractivity contribution in [3.8, 4) is 17.2 Å². The number of ether oxygens (including phenoxy) is 1. The van der Waals surface area contributed by atoms with Gasteiger partial charge in [-0.1, -0.05) is 30.3 Å². The molecule has 0 spiro atoms. The second-order valence-corrected chi connectivity index (χ2v) is 9.12. The van der Waals surface area contributed by atoms with E-state index in [-0.39, 0.29) is 18.1 Å². The molecule has 0 saturated heterocycles. The molecule has 3 heterocycles. The number of nitrogens with zero attached hydrogens (tertiary/aromatic N) is 1. The van der Waals surface area contributed by atoms with Crippen molar-refractivity contribution in [1.82, 2.24) is 15.3 Å². The molecule has 0 fully saturated rings. The number of aromatic amines is 1. The molecule has 6 rings (SSSR count). The second kappa shape index (κ2) is 9.64. The van der Waals surface area contributed by atoms with Gasteiger partial charge in [0.25, 0.3) is 5.91 Å². The molecule has 8 heteroatoms. The van der Waals surface area contributed by atoms with Crippen LogP contribution < -0.4 is 10.1 Å². The van der Waals surface area contributed by atoms with Gasteiger partial charge in [-0.25, -0.2) is 9.37 Å². The van der Waals surface area contributed by atoms with Crippen molar-refractivity contribution in [2.75, 3.05) is 13.7 Å². The first-order chi connectivity index (χ1) is 18.5. The zero-order chi connectivity index (χ0) is 26.2. The lowest BCUT2D eigenvalue weighted by atomic mass is 10.0. The van der Waals surface area contributed by atoms with Crippen LogP contribution in [-0.4, -0.2) is 40.7 Å². The first-order valence-electron chi connectivity index (χ1n) is 12.2. The summed E-state index contributed by atoms with van der Waals surface area (Å²) >= 11 is 0. The number of aliphatic hydroxyl groups excluding tert-OH is 1. The third kappa shape index (κ3) is 4.25. The van der Waals surface area contributed by atoms with Gasteiger partial charge in [-0.3, -0.25) is 4.79 Å². The van der Waals surface area contributed by atoms with Crippen molar-refractivity contribution >= 4 is 38.7 Å². The number of methoxy groups -OCH3 is 1. The Bertz CT molecular complexity index is 1810. The lowest BCUT2D eigenvalue weighted by molar-refractivity contribution is 0.0918. The number of hydrogen-bond donors (Lipinski definition) is 3. The van der Waals surface area contributed by atoms with E-state index in [9.17, 15) is 14.3 Å². The molecule has 0 radical (unpaired) electrons. The lowest BCUT2D eigenvalue weighted by Crippen LogP contribution is -2.39. The van der Waals surface area contributed by atoms with Gasteiger partial charge in [-0.15, -0.1) is 0 Å². The fourth-order valence-corrected chi connectivity index (χ4v) is 4.79. The highest BCUT2D eigenvalue weighted by molar-refractivity contribution is 6.07. The molecule has 38 heavy (non-hydrogen) atoms. The number of hydrogen-bond acceptors (Lipinski definition) is 5. The normalized spacial score (nSPS) is 12.3. The number of benzene rings is 3. The number of furan rings is 1. The van der Waals surface area contributed by atoms with E-state index < -0.39 is 11.9 Å². The molecule has 0 aliphatic carbocycles. The molecule has 0 aliphatic heterocycles. The van der Waals surface area contributed by atoms with E-state index in [1.54, 1.807) is 49.6 Å². The number of nitrogens with one attached hydrogen (secondary N) is 2. The van der Waals surface area contributed by atoms with Crippen LogP contribution in [0.4, 0.5) is 4.39 Å². The maximum atomic E-state index is 14.3. The van der Waals surface area contributed by atoms with Crippen LogP contribution in [0.2, 0.25) is 0 Å². The van der Waals surface area contributed by atoms with E-state index in [0.717, 1.165) is 16.5 Å². The number of halogens is 1. The summed E-state index contributed by atoms with van der Waals surface area (Å²) < 4.78 is 25.4. The average molecular weight is 510 g/mol. The van der Waals surface area contributed by atoms with Crippen molar-refractivity contribution in [3.05, 3.63) is 95.9 Å².